The van der Waals surface area contributed by atoms with Crippen molar-refractivity contribution in [3.8, 4) is 11.5 Å². The van der Waals surface area contributed by atoms with Crippen LogP contribution in [0, 0.1) is 0 Å². The van der Waals surface area contributed by atoms with Crippen LogP contribution in [-0.4, -0.2) is 34.1 Å². The number of carbonyl (C=O) groups is 1. The quantitative estimate of drug-likeness (QED) is 0.725. The molecule has 1 saturated heterocycles. The van der Waals surface area contributed by atoms with Crippen molar-refractivity contribution in [3.63, 3.8) is 0 Å². The molecule has 0 saturated carbocycles. The predicted octanol–water partition coefficient (Wildman–Crippen LogP) is 0.354. The largest absolute Gasteiger partial charge is 0.504 e. The number of nitrogens with one attached hydrogen (secondary N) is 2. The Morgan fingerprint density at radius 1 is 1.58 bits per heavy atom. The molecule has 1 aromatic rings. The van der Waals surface area contributed by atoms with Crippen LogP contribution >= 0.6 is 11.8 Å². The fourth-order valence-electron chi connectivity index (χ4n) is 1.87. The number of hydrazone groups is 1. The average molecular weight is 280 g/mol. The number of methoxy groups -OCH3 is 1. The lowest BCUT2D eigenvalue weighted by Gasteiger charge is -2.29. The number of benzene rings is 1. The number of hydrazine groups is 1. The summed E-state index contributed by atoms with van der Waals surface area (Å²) in [6, 6.07) is 4.96. The number of nitrogens with zero attached hydrogens (tertiary/aromatic N) is 2. The normalized spacial score (nSPS) is 21.7. The maximum atomic E-state index is 11.6. The molecule has 2 heterocycles. The number of amidine groups is 1. The van der Waals surface area contributed by atoms with Gasteiger partial charge in [0.1, 0.15) is 6.17 Å². The molecule has 1 atom stereocenters. The molecule has 0 radical (unpaired) electrons. The molecular weight excluding hydrogens is 268 g/mol. The number of rotatable bonds is 2. The molecule has 1 aromatic carbocycles. The van der Waals surface area contributed by atoms with Crippen LogP contribution in [0.3, 0.4) is 0 Å². The topological polar surface area (TPSA) is 86.2 Å². The Morgan fingerprint density at radius 2 is 2.42 bits per heavy atom. The van der Waals surface area contributed by atoms with E-state index in [1.807, 2.05) is 0 Å². The standard InChI is InChI=1S/C11H12N4O3S/c1-18-8-4-6(2-3-7(8)16)10-12-13-11-15(14-10)9(17)5-19-11/h2-4,10,12,14,16H,5H2,1H3/t10-/m1/s1. The van der Waals surface area contributed by atoms with Crippen LogP contribution in [0.2, 0.25) is 0 Å². The Morgan fingerprint density at radius 3 is 3.21 bits per heavy atom. The first-order valence-corrected chi connectivity index (χ1v) is 6.59. The zero-order chi connectivity index (χ0) is 13.4. The van der Waals surface area contributed by atoms with Gasteiger partial charge in [0.15, 0.2) is 11.5 Å². The molecule has 2 aliphatic heterocycles. The van der Waals surface area contributed by atoms with Gasteiger partial charge in [-0.25, -0.2) is 5.01 Å². The minimum atomic E-state index is -0.346. The van der Waals surface area contributed by atoms with E-state index in [4.69, 9.17) is 4.74 Å². The van der Waals surface area contributed by atoms with Crippen molar-refractivity contribution in [1.29, 1.82) is 0 Å². The fourth-order valence-corrected chi connectivity index (χ4v) is 2.65. The number of ether oxygens (including phenoxy) is 1. The summed E-state index contributed by atoms with van der Waals surface area (Å²) in [6.45, 7) is 0. The lowest BCUT2D eigenvalue weighted by Crippen LogP contribution is -2.51. The Balaban J connectivity index is 1.86. The molecule has 1 amide bonds. The molecule has 8 heteroatoms. The number of phenols is 1. The highest BCUT2D eigenvalue weighted by atomic mass is 32.2. The summed E-state index contributed by atoms with van der Waals surface area (Å²) >= 11 is 1.38. The van der Waals surface area contributed by atoms with Crippen LogP contribution < -0.4 is 15.6 Å². The van der Waals surface area contributed by atoms with Crippen molar-refractivity contribution in [2.75, 3.05) is 12.9 Å². The van der Waals surface area contributed by atoms with Crippen LogP contribution in [0.5, 0.6) is 11.5 Å². The number of thioether (sulfide) groups is 1. The van der Waals surface area contributed by atoms with Gasteiger partial charge in [0.25, 0.3) is 5.91 Å². The lowest BCUT2D eigenvalue weighted by molar-refractivity contribution is -0.127. The molecule has 0 aliphatic carbocycles. The number of fused-ring (bicyclic) bond motifs is 1. The molecule has 0 bridgehead atoms. The van der Waals surface area contributed by atoms with Gasteiger partial charge in [-0.2, -0.15) is 10.5 Å². The summed E-state index contributed by atoms with van der Waals surface area (Å²) in [5, 5.41) is 15.8. The SMILES string of the molecule is COc1cc([C@@H]2NN=C3SCC(=O)N3N2)ccc1O. The van der Waals surface area contributed by atoms with Crippen molar-refractivity contribution in [2.24, 2.45) is 5.10 Å². The van der Waals surface area contributed by atoms with Crippen molar-refractivity contribution in [3.05, 3.63) is 23.8 Å². The van der Waals surface area contributed by atoms with E-state index in [1.165, 1.54) is 29.9 Å². The molecule has 2 aliphatic rings. The maximum Gasteiger partial charge on any atom is 0.253 e. The van der Waals surface area contributed by atoms with Gasteiger partial charge in [0.2, 0.25) is 5.17 Å². The lowest BCUT2D eigenvalue weighted by atomic mass is 10.1. The van der Waals surface area contributed by atoms with E-state index in [1.54, 1.807) is 12.1 Å². The molecule has 7 nitrogen and oxygen atoms in total. The summed E-state index contributed by atoms with van der Waals surface area (Å²) in [6.07, 6.45) is -0.346. The van der Waals surface area contributed by atoms with Gasteiger partial charge >= 0.3 is 0 Å². The van der Waals surface area contributed by atoms with Gasteiger partial charge < -0.3 is 9.84 Å². The smallest absolute Gasteiger partial charge is 0.253 e. The molecular formula is C11H12N4O3S. The van der Waals surface area contributed by atoms with Crippen molar-refractivity contribution < 1.29 is 14.6 Å². The van der Waals surface area contributed by atoms with Crippen LogP contribution in [0.4, 0.5) is 0 Å². The minimum Gasteiger partial charge on any atom is -0.504 e. The van der Waals surface area contributed by atoms with E-state index < -0.39 is 0 Å². The second-order valence-corrected chi connectivity index (χ2v) is 4.98. The van der Waals surface area contributed by atoms with Crippen molar-refractivity contribution in [2.45, 2.75) is 6.17 Å². The van der Waals surface area contributed by atoms with Crippen molar-refractivity contribution >= 4 is 22.8 Å². The number of phenolic OH excluding ortho intramolecular Hbond substituents is 1. The molecule has 0 unspecified atom stereocenters. The first-order valence-electron chi connectivity index (χ1n) is 5.61. The number of hydrogen-bond donors (Lipinski definition) is 3. The Labute approximate surface area is 113 Å². The van der Waals surface area contributed by atoms with Crippen LogP contribution in [0.1, 0.15) is 11.7 Å². The van der Waals surface area contributed by atoms with E-state index in [0.717, 1.165) is 5.56 Å². The molecule has 19 heavy (non-hydrogen) atoms. The zero-order valence-corrected chi connectivity index (χ0v) is 10.9. The third-order valence-corrected chi connectivity index (χ3v) is 3.77. The summed E-state index contributed by atoms with van der Waals surface area (Å²) in [4.78, 5) is 11.6. The zero-order valence-electron chi connectivity index (χ0n) is 10.1. The summed E-state index contributed by atoms with van der Waals surface area (Å²) in [7, 11) is 1.48. The first kappa shape index (κ1) is 12.1. The number of aromatic hydroxyl groups is 1. The summed E-state index contributed by atoms with van der Waals surface area (Å²) in [5.74, 6) is 0.803. The maximum absolute atomic E-state index is 11.6. The Kier molecular flexibility index (Phi) is 2.96. The van der Waals surface area contributed by atoms with E-state index in [-0.39, 0.29) is 17.8 Å². The molecule has 1 fully saturated rings. The van der Waals surface area contributed by atoms with E-state index in [0.29, 0.717) is 16.7 Å². The van der Waals surface area contributed by atoms with Crippen LogP contribution in [0.25, 0.3) is 0 Å². The van der Waals surface area contributed by atoms with E-state index in [9.17, 15) is 9.90 Å². The predicted molar refractivity (Wildman–Crippen MR) is 70.4 cm³/mol. The fraction of sp³-hybridized carbons (Fsp3) is 0.273. The third kappa shape index (κ3) is 2.08. The van der Waals surface area contributed by atoms with Gasteiger partial charge in [-0.3, -0.25) is 10.2 Å². The molecule has 3 rings (SSSR count). The summed E-state index contributed by atoms with van der Waals surface area (Å²) < 4.78 is 5.06. The average Bonchev–Trinajstić information content (AvgIpc) is 2.80. The van der Waals surface area contributed by atoms with Crippen LogP contribution in [-0.2, 0) is 4.79 Å². The minimum absolute atomic E-state index is 0.0269. The molecule has 100 valence electrons. The molecule has 3 N–H and O–H groups in total. The number of amides is 1. The Bertz CT molecular complexity index is 563. The molecule has 0 aromatic heterocycles. The van der Waals surface area contributed by atoms with E-state index in [2.05, 4.69) is 16.0 Å². The number of carbonyl (C=O) groups excluding carboxylic acids is 1. The highest BCUT2D eigenvalue weighted by Gasteiger charge is 2.34. The first-order chi connectivity index (χ1) is 9.19. The van der Waals surface area contributed by atoms with Gasteiger partial charge in [0, 0.05) is 0 Å². The number of hydrogen-bond acceptors (Lipinski definition) is 7. The summed E-state index contributed by atoms with van der Waals surface area (Å²) in [5.41, 5.74) is 6.77. The second kappa shape index (κ2) is 4.63. The van der Waals surface area contributed by atoms with Gasteiger partial charge in [-0.1, -0.05) is 17.8 Å². The van der Waals surface area contributed by atoms with E-state index >= 15 is 0 Å². The second-order valence-electron chi connectivity index (χ2n) is 4.03. The van der Waals surface area contributed by atoms with Crippen LogP contribution in [0.15, 0.2) is 23.3 Å². The monoisotopic (exact) mass is 280 g/mol. The highest BCUT2D eigenvalue weighted by molar-refractivity contribution is 8.15. The van der Waals surface area contributed by atoms with Gasteiger partial charge in [-0.05, 0) is 17.7 Å². The highest BCUT2D eigenvalue weighted by Crippen LogP contribution is 2.30. The van der Waals surface area contributed by atoms with Gasteiger partial charge in [-0.15, -0.1) is 0 Å². The van der Waals surface area contributed by atoms with Crippen molar-refractivity contribution in [1.82, 2.24) is 15.9 Å². The van der Waals surface area contributed by atoms with Gasteiger partial charge in [0.05, 0.1) is 12.9 Å². The molecule has 0 spiro atoms. The Hall–Kier alpha value is -1.93. The third-order valence-electron chi connectivity index (χ3n) is 2.85.